The number of hydrogen-bond donors (Lipinski definition) is 2. The number of hydrogen-bond acceptors (Lipinski definition) is 3. The lowest BCUT2D eigenvalue weighted by Gasteiger charge is -2.45. The van der Waals surface area contributed by atoms with Crippen molar-refractivity contribution in [3.8, 4) is 5.75 Å². The monoisotopic (exact) mass is 255 g/mol. The van der Waals surface area contributed by atoms with Gasteiger partial charge in [0.15, 0.2) is 0 Å². The van der Waals surface area contributed by atoms with Gasteiger partial charge in [-0.1, -0.05) is 24.1 Å². The van der Waals surface area contributed by atoms with Crippen molar-refractivity contribution in [2.75, 3.05) is 13.7 Å². The van der Waals surface area contributed by atoms with Gasteiger partial charge in [0.2, 0.25) is 0 Å². The summed E-state index contributed by atoms with van der Waals surface area (Å²) in [6.07, 6.45) is 3.06. The third kappa shape index (κ3) is 2.15. The fourth-order valence-corrected chi connectivity index (χ4v) is 2.70. The maximum atomic E-state index is 9.51. The Morgan fingerprint density at radius 1 is 1.53 bits per heavy atom. The number of nitrogens with two attached hydrogens (primary N) is 1. The minimum absolute atomic E-state index is 0.122. The normalized spacial score (nSPS) is 19.5. The van der Waals surface area contributed by atoms with Gasteiger partial charge in [-0.05, 0) is 30.5 Å². The third-order valence-electron chi connectivity index (χ3n) is 3.87. The van der Waals surface area contributed by atoms with E-state index in [1.54, 1.807) is 13.2 Å². The standard InChI is InChI=1S/C13H18ClNO2/c1-17-9-3-4-10(11(14)7-9)12(15)13(8-16)5-2-6-13/h3-4,7,12,16H,2,5-6,8,15H2,1H3. The molecule has 94 valence electrons. The first-order valence-electron chi connectivity index (χ1n) is 5.83. The number of methoxy groups -OCH3 is 1. The summed E-state index contributed by atoms with van der Waals surface area (Å²) in [6.45, 7) is 0.122. The van der Waals surface area contributed by atoms with Crippen LogP contribution in [0.15, 0.2) is 18.2 Å². The van der Waals surface area contributed by atoms with E-state index in [9.17, 15) is 5.11 Å². The van der Waals surface area contributed by atoms with Gasteiger partial charge in [-0.2, -0.15) is 0 Å². The molecule has 1 fully saturated rings. The summed E-state index contributed by atoms with van der Waals surface area (Å²) in [5, 5.41) is 10.1. The van der Waals surface area contributed by atoms with E-state index in [1.807, 2.05) is 12.1 Å². The van der Waals surface area contributed by atoms with Crippen LogP contribution in [0.5, 0.6) is 5.75 Å². The van der Waals surface area contributed by atoms with Crippen LogP contribution in [0.4, 0.5) is 0 Å². The summed E-state index contributed by atoms with van der Waals surface area (Å²) in [6, 6.07) is 5.30. The summed E-state index contributed by atoms with van der Waals surface area (Å²) in [5.41, 5.74) is 6.96. The van der Waals surface area contributed by atoms with Crippen LogP contribution in [0.1, 0.15) is 30.9 Å². The number of benzene rings is 1. The highest BCUT2D eigenvalue weighted by molar-refractivity contribution is 6.31. The lowest BCUT2D eigenvalue weighted by atomic mass is 9.63. The van der Waals surface area contributed by atoms with Crippen LogP contribution in [0.3, 0.4) is 0 Å². The molecule has 1 saturated carbocycles. The number of ether oxygens (including phenoxy) is 1. The summed E-state index contributed by atoms with van der Waals surface area (Å²) in [5.74, 6) is 0.720. The Kier molecular flexibility index (Phi) is 3.61. The first kappa shape index (κ1) is 12.7. The molecule has 1 aromatic carbocycles. The molecular formula is C13H18ClNO2. The average molecular weight is 256 g/mol. The van der Waals surface area contributed by atoms with Crippen molar-refractivity contribution in [3.05, 3.63) is 28.8 Å². The van der Waals surface area contributed by atoms with Gasteiger partial charge in [-0.3, -0.25) is 0 Å². The summed E-state index contributed by atoms with van der Waals surface area (Å²) < 4.78 is 5.11. The maximum absolute atomic E-state index is 9.51. The average Bonchev–Trinajstić information content (AvgIpc) is 2.28. The molecule has 1 atom stereocenters. The molecule has 3 nitrogen and oxygen atoms in total. The van der Waals surface area contributed by atoms with Crippen LogP contribution in [-0.4, -0.2) is 18.8 Å². The second kappa shape index (κ2) is 4.84. The van der Waals surface area contributed by atoms with Crippen LogP contribution in [0.2, 0.25) is 5.02 Å². The lowest BCUT2D eigenvalue weighted by Crippen LogP contribution is -2.43. The molecule has 0 amide bonds. The van der Waals surface area contributed by atoms with Crippen LogP contribution < -0.4 is 10.5 Å². The fourth-order valence-electron chi connectivity index (χ4n) is 2.42. The molecule has 0 aliphatic heterocycles. The van der Waals surface area contributed by atoms with Crippen LogP contribution >= 0.6 is 11.6 Å². The van der Waals surface area contributed by atoms with Crippen molar-refractivity contribution in [2.45, 2.75) is 25.3 Å². The molecule has 0 spiro atoms. The van der Waals surface area contributed by atoms with E-state index in [2.05, 4.69) is 0 Å². The van der Waals surface area contributed by atoms with Gasteiger partial charge in [0.05, 0.1) is 13.7 Å². The third-order valence-corrected chi connectivity index (χ3v) is 4.19. The van der Waals surface area contributed by atoms with Gasteiger partial charge < -0.3 is 15.6 Å². The Hall–Kier alpha value is -0.770. The minimum Gasteiger partial charge on any atom is -0.497 e. The Morgan fingerprint density at radius 2 is 2.24 bits per heavy atom. The Bertz CT molecular complexity index is 399. The SMILES string of the molecule is COc1ccc(C(N)C2(CO)CCC2)c(Cl)c1. The predicted molar refractivity (Wildman–Crippen MR) is 68.3 cm³/mol. The van der Waals surface area contributed by atoms with Crippen molar-refractivity contribution in [3.63, 3.8) is 0 Å². The zero-order chi connectivity index (χ0) is 12.5. The van der Waals surface area contributed by atoms with E-state index in [1.165, 1.54) is 0 Å². The van der Waals surface area contributed by atoms with Crippen LogP contribution in [-0.2, 0) is 0 Å². The quantitative estimate of drug-likeness (QED) is 0.869. The van der Waals surface area contributed by atoms with Crippen molar-refractivity contribution in [1.82, 2.24) is 0 Å². The summed E-state index contributed by atoms with van der Waals surface area (Å²) >= 11 is 6.21. The molecule has 1 aliphatic rings. The molecule has 3 N–H and O–H groups in total. The molecule has 0 heterocycles. The van der Waals surface area contributed by atoms with Crippen LogP contribution in [0, 0.1) is 5.41 Å². The minimum atomic E-state index is -0.209. The van der Waals surface area contributed by atoms with Crippen molar-refractivity contribution < 1.29 is 9.84 Å². The van der Waals surface area contributed by atoms with E-state index in [-0.39, 0.29) is 18.1 Å². The van der Waals surface area contributed by atoms with Crippen molar-refractivity contribution in [2.24, 2.45) is 11.1 Å². The zero-order valence-electron chi connectivity index (χ0n) is 9.95. The largest absolute Gasteiger partial charge is 0.497 e. The number of rotatable bonds is 4. The van der Waals surface area contributed by atoms with Crippen molar-refractivity contribution in [1.29, 1.82) is 0 Å². The molecular weight excluding hydrogens is 238 g/mol. The molecule has 4 heteroatoms. The van der Waals surface area contributed by atoms with Crippen molar-refractivity contribution >= 4 is 11.6 Å². The maximum Gasteiger partial charge on any atom is 0.120 e. The first-order chi connectivity index (χ1) is 8.13. The van der Waals surface area contributed by atoms with E-state index >= 15 is 0 Å². The first-order valence-corrected chi connectivity index (χ1v) is 6.20. The van der Waals surface area contributed by atoms with Gasteiger partial charge in [0, 0.05) is 16.5 Å². The number of aliphatic hydroxyl groups excluding tert-OH is 1. The summed E-state index contributed by atoms with van der Waals surface area (Å²) in [4.78, 5) is 0. The van der Waals surface area contributed by atoms with Gasteiger partial charge in [0.1, 0.15) is 5.75 Å². The molecule has 0 bridgehead atoms. The van der Waals surface area contributed by atoms with Gasteiger partial charge in [0.25, 0.3) is 0 Å². The fraction of sp³-hybridized carbons (Fsp3) is 0.538. The van der Waals surface area contributed by atoms with E-state index in [0.29, 0.717) is 5.02 Å². The molecule has 2 rings (SSSR count). The van der Waals surface area contributed by atoms with E-state index < -0.39 is 0 Å². The zero-order valence-corrected chi connectivity index (χ0v) is 10.7. The van der Waals surface area contributed by atoms with E-state index in [0.717, 1.165) is 30.6 Å². The predicted octanol–water partition coefficient (Wildman–Crippen LogP) is 2.51. The second-order valence-electron chi connectivity index (χ2n) is 4.74. The molecule has 17 heavy (non-hydrogen) atoms. The molecule has 1 unspecified atom stereocenters. The Morgan fingerprint density at radius 3 is 2.65 bits per heavy atom. The Balaban J connectivity index is 2.27. The summed E-state index contributed by atoms with van der Waals surface area (Å²) in [7, 11) is 1.60. The Labute approximate surface area is 107 Å². The molecule has 0 aromatic heterocycles. The lowest BCUT2D eigenvalue weighted by molar-refractivity contribution is 0.0184. The van der Waals surface area contributed by atoms with Gasteiger partial charge in [-0.25, -0.2) is 0 Å². The molecule has 0 saturated heterocycles. The highest BCUT2D eigenvalue weighted by Gasteiger charge is 2.43. The highest BCUT2D eigenvalue weighted by Crippen LogP contribution is 2.49. The van der Waals surface area contributed by atoms with Gasteiger partial charge >= 0.3 is 0 Å². The number of halogens is 1. The van der Waals surface area contributed by atoms with Gasteiger partial charge in [-0.15, -0.1) is 0 Å². The molecule has 1 aromatic rings. The topological polar surface area (TPSA) is 55.5 Å². The molecule has 1 aliphatic carbocycles. The highest BCUT2D eigenvalue weighted by atomic mass is 35.5. The van der Waals surface area contributed by atoms with E-state index in [4.69, 9.17) is 22.1 Å². The smallest absolute Gasteiger partial charge is 0.120 e. The second-order valence-corrected chi connectivity index (χ2v) is 5.15. The number of aliphatic hydroxyl groups is 1. The van der Waals surface area contributed by atoms with Crippen LogP contribution in [0.25, 0.3) is 0 Å². The molecule has 0 radical (unpaired) electrons.